The number of hydrogen-bond acceptors (Lipinski definition) is 8. The van der Waals surface area contributed by atoms with Crippen LogP contribution in [-0.2, 0) is 14.4 Å². The molecule has 4 heterocycles. The second kappa shape index (κ2) is 14.0. The first-order valence-electron chi connectivity index (χ1n) is 16.5. The molecule has 0 bridgehead atoms. The molecule has 6 aromatic rings. The largest absolute Gasteiger partial charge is 0.405 e. The molecular formula is C38H38ClN5O3S2Si. The van der Waals surface area contributed by atoms with E-state index in [1.807, 2.05) is 48.8 Å². The van der Waals surface area contributed by atoms with E-state index in [1.165, 1.54) is 11.3 Å². The van der Waals surface area contributed by atoms with Crippen LogP contribution in [0.1, 0.15) is 20.8 Å². The summed E-state index contributed by atoms with van der Waals surface area (Å²) in [6, 6.07) is 31.6. The summed E-state index contributed by atoms with van der Waals surface area (Å²) >= 11 is 7.48. The highest BCUT2D eigenvalue weighted by Gasteiger charge is 2.51. The maximum absolute atomic E-state index is 14.3. The van der Waals surface area contributed by atoms with Gasteiger partial charge in [0.1, 0.15) is 4.21 Å². The number of anilines is 1. The van der Waals surface area contributed by atoms with Gasteiger partial charge in [0.2, 0.25) is 5.95 Å². The molecule has 1 aliphatic heterocycles. The Kier molecular flexibility index (Phi) is 9.64. The summed E-state index contributed by atoms with van der Waals surface area (Å²) in [6.45, 7) is 7.89. The van der Waals surface area contributed by atoms with E-state index in [-0.39, 0.29) is 30.8 Å². The third kappa shape index (κ3) is 6.61. The van der Waals surface area contributed by atoms with E-state index in [1.54, 1.807) is 28.8 Å². The fourth-order valence-corrected chi connectivity index (χ4v) is 14.7. The van der Waals surface area contributed by atoms with Crippen LogP contribution in [0.5, 0.6) is 0 Å². The van der Waals surface area contributed by atoms with Crippen molar-refractivity contribution < 1.29 is 12.8 Å². The molecule has 1 atom stereocenters. The number of rotatable bonds is 9. The Morgan fingerprint density at radius 3 is 2.12 bits per heavy atom. The van der Waals surface area contributed by atoms with Crippen molar-refractivity contribution in [1.29, 1.82) is 0 Å². The minimum Gasteiger partial charge on any atom is -0.405 e. The number of benzene rings is 3. The van der Waals surface area contributed by atoms with Crippen LogP contribution in [0, 0.1) is 0 Å². The molecule has 0 saturated carbocycles. The number of sulfonamides is 1. The molecule has 0 N–H and O–H groups in total. The summed E-state index contributed by atoms with van der Waals surface area (Å²) in [4.78, 5) is 15.8. The number of pyridine rings is 1. The van der Waals surface area contributed by atoms with Gasteiger partial charge in [0.15, 0.2) is 0 Å². The fourth-order valence-electron chi connectivity index (χ4n) is 6.83. The van der Waals surface area contributed by atoms with Gasteiger partial charge in [0, 0.05) is 59.7 Å². The molecule has 7 rings (SSSR count). The van der Waals surface area contributed by atoms with Gasteiger partial charge in [-0.2, -0.15) is 4.31 Å². The van der Waals surface area contributed by atoms with Crippen LogP contribution >= 0.6 is 22.9 Å². The first kappa shape index (κ1) is 34.5. The number of piperazine rings is 1. The maximum Gasteiger partial charge on any atom is 0.261 e. The molecule has 8 nitrogen and oxygen atoms in total. The van der Waals surface area contributed by atoms with Gasteiger partial charge in [0.25, 0.3) is 18.3 Å². The lowest BCUT2D eigenvalue weighted by Gasteiger charge is -2.46. The van der Waals surface area contributed by atoms with E-state index in [9.17, 15) is 8.42 Å². The van der Waals surface area contributed by atoms with Crippen molar-refractivity contribution in [2.75, 3.05) is 31.1 Å². The van der Waals surface area contributed by atoms with Crippen molar-refractivity contribution in [3.05, 3.63) is 127 Å². The van der Waals surface area contributed by atoms with Crippen molar-refractivity contribution in [2.45, 2.75) is 36.1 Å². The van der Waals surface area contributed by atoms with Gasteiger partial charge in [-0.05, 0) is 56.7 Å². The molecule has 1 unspecified atom stereocenters. The Morgan fingerprint density at radius 1 is 0.860 bits per heavy atom. The van der Waals surface area contributed by atoms with Crippen LogP contribution < -0.4 is 15.3 Å². The lowest BCUT2D eigenvalue weighted by molar-refractivity contribution is 0.222. The highest BCUT2D eigenvalue weighted by molar-refractivity contribution is 7.91. The summed E-state index contributed by atoms with van der Waals surface area (Å²) in [5.74, 6) is 0.535. The third-order valence-electron chi connectivity index (χ3n) is 9.32. The molecule has 3 aromatic carbocycles. The van der Waals surface area contributed by atoms with Crippen molar-refractivity contribution >= 4 is 67.7 Å². The van der Waals surface area contributed by atoms with Gasteiger partial charge in [0.05, 0.1) is 12.6 Å². The van der Waals surface area contributed by atoms with Gasteiger partial charge in [-0.3, -0.25) is 4.98 Å². The van der Waals surface area contributed by atoms with E-state index in [2.05, 4.69) is 79.2 Å². The maximum atomic E-state index is 14.3. The van der Waals surface area contributed by atoms with Crippen LogP contribution in [0.15, 0.2) is 126 Å². The molecule has 256 valence electrons. The summed E-state index contributed by atoms with van der Waals surface area (Å²) in [7, 11) is -6.74. The number of thiophene rings is 1. The molecule has 1 aliphatic rings. The quantitative estimate of drug-likeness (QED) is 0.150. The van der Waals surface area contributed by atoms with Crippen LogP contribution in [0.2, 0.25) is 10.1 Å². The van der Waals surface area contributed by atoms with Crippen molar-refractivity contribution in [3.63, 3.8) is 0 Å². The Labute approximate surface area is 303 Å². The lowest BCUT2D eigenvalue weighted by atomic mass is 10.1. The first-order chi connectivity index (χ1) is 24.1. The zero-order valence-corrected chi connectivity index (χ0v) is 31.5. The van der Waals surface area contributed by atoms with E-state index in [4.69, 9.17) is 26.0 Å². The molecule has 0 radical (unpaired) electrons. The van der Waals surface area contributed by atoms with E-state index in [0.717, 1.165) is 31.6 Å². The predicted octanol–water partition coefficient (Wildman–Crippen LogP) is 6.86. The number of halogens is 1. The minimum atomic E-state index is -3.81. The van der Waals surface area contributed by atoms with Crippen LogP contribution in [-0.4, -0.2) is 68.3 Å². The van der Waals surface area contributed by atoms with E-state index in [0.29, 0.717) is 21.7 Å². The fraction of sp³-hybridized carbons (Fsp3) is 0.237. The van der Waals surface area contributed by atoms with E-state index >= 15 is 0 Å². The van der Waals surface area contributed by atoms with Gasteiger partial charge >= 0.3 is 0 Å². The minimum absolute atomic E-state index is 0.213. The second-order valence-electron chi connectivity index (χ2n) is 13.4. The van der Waals surface area contributed by atoms with E-state index < -0.39 is 18.3 Å². The van der Waals surface area contributed by atoms with Gasteiger partial charge in [-0.1, -0.05) is 99.1 Å². The van der Waals surface area contributed by atoms with Crippen molar-refractivity contribution in [3.8, 4) is 11.1 Å². The van der Waals surface area contributed by atoms with Crippen LogP contribution in [0.4, 0.5) is 5.95 Å². The Hall–Kier alpha value is -3.97. The third-order valence-corrected chi connectivity index (χ3v) is 18.0. The van der Waals surface area contributed by atoms with Crippen LogP contribution in [0.3, 0.4) is 0 Å². The zero-order chi connectivity index (χ0) is 34.9. The molecule has 0 spiro atoms. The smallest absolute Gasteiger partial charge is 0.261 e. The molecule has 50 heavy (non-hydrogen) atoms. The number of hydrogen-bond donors (Lipinski definition) is 0. The summed E-state index contributed by atoms with van der Waals surface area (Å²) in [5.41, 5.74) is 1.85. The summed E-state index contributed by atoms with van der Waals surface area (Å²) < 4.78 is 38.6. The standard InChI is InChI=1S/C38H38ClN5O3S2Si/c1-38(2,3)50(33-10-6-4-7-11-33,34-12-8-5-9-13-34)47-27-32-26-43(49(45,46)36-22-29-14-15-31(39)23-35(29)48-36)20-21-44(32)37-41-24-30(25-42-37)28-16-18-40-19-17-28/h4-19,22-25,32H,20-21,26-27H2,1-3H3. The molecular weight excluding hydrogens is 702 g/mol. The van der Waals surface area contributed by atoms with Crippen LogP contribution in [0.25, 0.3) is 21.2 Å². The number of fused-ring (bicyclic) bond motifs is 1. The SMILES string of the molecule is CC(C)(C)[Si](OCC1CN(S(=O)(=O)c2cc3ccc(Cl)cc3s2)CCN1c1ncc(-c2ccncc2)cn1)(c1ccccc1)c1ccccc1. The molecule has 0 amide bonds. The first-order valence-corrected chi connectivity index (χ1v) is 21.0. The normalized spacial score (nSPS) is 16.2. The van der Waals surface area contributed by atoms with Gasteiger partial charge in [-0.25, -0.2) is 18.4 Å². The average Bonchev–Trinajstić information content (AvgIpc) is 3.57. The van der Waals surface area contributed by atoms with Crippen molar-refractivity contribution in [1.82, 2.24) is 19.3 Å². The highest BCUT2D eigenvalue weighted by atomic mass is 35.5. The lowest BCUT2D eigenvalue weighted by Crippen LogP contribution is -2.68. The average molecular weight is 740 g/mol. The molecule has 3 aromatic heterocycles. The Bertz CT molecular complexity index is 2140. The zero-order valence-electron chi connectivity index (χ0n) is 28.1. The molecule has 1 saturated heterocycles. The van der Waals surface area contributed by atoms with Crippen molar-refractivity contribution in [2.24, 2.45) is 0 Å². The summed E-state index contributed by atoms with van der Waals surface area (Å²) in [6.07, 6.45) is 7.10. The summed E-state index contributed by atoms with van der Waals surface area (Å²) in [5, 5.41) is 3.50. The number of nitrogens with zero attached hydrogens (tertiary/aromatic N) is 5. The topological polar surface area (TPSA) is 88.5 Å². The highest BCUT2D eigenvalue weighted by Crippen LogP contribution is 2.38. The monoisotopic (exact) mass is 739 g/mol. The number of aromatic nitrogens is 3. The van der Waals surface area contributed by atoms with Gasteiger partial charge in [-0.15, -0.1) is 11.3 Å². The Morgan fingerprint density at radius 2 is 1.50 bits per heavy atom. The predicted molar refractivity (Wildman–Crippen MR) is 206 cm³/mol. The molecule has 0 aliphatic carbocycles. The van der Waals surface area contributed by atoms with Gasteiger partial charge < -0.3 is 9.33 Å². The Balaban J connectivity index is 1.26. The molecule has 12 heteroatoms. The second-order valence-corrected chi connectivity index (χ2v) is 21.4. The molecule has 1 fully saturated rings.